The van der Waals surface area contributed by atoms with E-state index in [9.17, 15) is 4.79 Å². The van der Waals surface area contributed by atoms with Gasteiger partial charge in [0.05, 0.1) is 7.11 Å². The highest BCUT2D eigenvalue weighted by Crippen LogP contribution is 2.25. The Hall–Kier alpha value is -3.45. The molecule has 4 rings (SSSR count). The van der Waals surface area contributed by atoms with Gasteiger partial charge < -0.3 is 15.4 Å². The predicted molar refractivity (Wildman–Crippen MR) is 116 cm³/mol. The fourth-order valence-electron chi connectivity index (χ4n) is 2.96. The molecule has 2 aromatic heterocycles. The number of aromatic nitrogens is 2. The first-order chi connectivity index (χ1) is 14.2. The SMILES string of the molecule is COc1ccc(CCNC(=O)c2csc(Nc3nccc4ccccc34)n2)cc1. The number of pyridine rings is 1. The number of benzene rings is 2. The van der Waals surface area contributed by atoms with Crippen LogP contribution in [-0.2, 0) is 6.42 Å². The zero-order valence-corrected chi connectivity index (χ0v) is 16.7. The van der Waals surface area contributed by atoms with Crippen molar-refractivity contribution in [1.29, 1.82) is 0 Å². The molecule has 0 fully saturated rings. The second-order valence-corrected chi connectivity index (χ2v) is 7.26. The number of amides is 1. The van der Waals surface area contributed by atoms with Crippen LogP contribution in [0, 0.1) is 0 Å². The quantitative estimate of drug-likeness (QED) is 0.477. The summed E-state index contributed by atoms with van der Waals surface area (Å²) in [6, 6.07) is 17.8. The van der Waals surface area contributed by atoms with Gasteiger partial charge in [0, 0.05) is 23.5 Å². The van der Waals surface area contributed by atoms with Gasteiger partial charge in [-0.15, -0.1) is 11.3 Å². The van der Waals surface area contributed by atoms with Gasteiger partial charge in [-0.1, -0.05) is 36.4 Å². The largest absolute Gasteiger partial charge is 0.497 e. The number of carbonyl (C=O) groups excluding carboxylic acids is 1. The van der Waals surface area contributed by atoms with Crippen molar-refractivity contribution in [3.63, 3.8) is 0 Å². The van der Waals surface area contributed by atoms with Crippen LogP contribution in [0.2, 0.25) is 0 Å². The zero-order chi connectivity index (χ0) is 20.1. The molecule has 0 bridgehead atoms. The number of hydrogen-bond donors (Lipinski definition) is 2. The fraction of sp³-hybridized carbons (Fsp3) is 0.136. The Kier molecular flexibility index (Phi) is 5.67. The lowest BCUT2D eigenvalue weighted by molar-refractivity contribution is 0.0950. The van der Waals surface area contributed by atoms with Crippen molar-refractivity contribution in [2.45, 2.75) is 6.42 Å². The Bertz CT molecular complexity index is 1120. The van der Waals surface area contributed by atoms with Crippen LogP contribution in [0.3, 0.4) is 0 Å². The Labute approximate surface area is 172 Å². The summed E-state index contributed by atoms with van der Waals surface area (Å²) in [4.78, 5) is 21.2. The number of fused-ring (bicyclic) bond motifs is 1. The maximum atomic E-state index is 12.4. The minimum Gasteiger partial charge on any atom is -0.497 e. The summed E-state index contributed by atoms with van der Waals surface area (Å²) >= 11 is 1.38. The van der Waals surface area contributed by atoms with Crippen molar-refractivity contribution in [2.75, 3.05) is 19.0 Å². The van der Waals surface area contributed by atoms with Crippen LogP contribution in [0.25, 0.3) is 10.8 Å². The molecule has 0 aliphatic heterocycles. The van der Waals surface area contributed by atoms with E-state index >= 15 is 0 Å². The third-order valence-corrected chi connectivity index (χ3v) is 5.25. The first kappa shape index (κ1) is 18.9. The van der Waals surface area contributed by atoms with Crippen molar-refractivity contribution in [3.8, 4) is 5.75 Å². The van der Waals surface area contributed by atoms with Gasteiger partial charge in [0.25, 0.3) is 5.91 Å². The number of rotatable bonds is 7. The highest BCUT2D eigenvalue weighted by Gasteiger charge is 2.11. The molecule has 146 valence electrons. The number of thiazole rings is 1. The summed E-state index contributed by atoms with van der Waals surface area (Å²) in [6.45, 7) is 0.538. The lowest BCUT2D eigenvalue weighted by Gasteiger charge is -2.06. The molecule has 1 amide bonds. The van der Waals surface area contributed by atoms with Gasteiger partial charge in [-0.25, -0.2) is 9.97 Å². The molecule has 0 aliphatic carbocycles. The van der Waals surface area contributed by atoms with Crippen LogP contribution in [0.15, 0.2) is 66.2 Å². The summed E-state index contributed by atoms with van der Waals surface area (Å²) in [5.74, 6) is 1.36. The molecule has 0 unspecified atom stereocenters. The van der Waals surface area contributed by atoms with Crippen molar-refractivity contribution >= 4 is 39.0 Å². The minimum absolute atomic E-state index is 0.186. The summed E-state index contributed by atoms with van der Waals surface area (Å²) in [7, 11) is 1.64. The Balaban J connectivity index is 1.36. The van der Waals surface area contributed by atoms with E-state index in [1.54, 1.807) is 18.7 Å². The number of nitrogens with zero attached hydrogens (tertiary/aromatic N) is 2. The lowest BCUT2D eigenvalue weighted by atomic mass is 10.1. The highest BCUT2D eigenvalue weighted by molar-refractivity contribution is 7.14. The molecule has 0 saturated carbocycles. The Morgan fingerprint density at radius 1 is 1.10 bits per heavy atom. The topological polar surface area (TPSA) is 76.1 Å². The monoisotopic (exact) mass is 404 g/mol. The van der Waals surface area contributed by atoms with E-state index in [1.807, 2.05) is 54.6 Å². The molecule has 29 heavy (non-hydrogen) atoms. The maximum Gasteiger partial charge on any atom is 0.270 e. The third-order valence-electron chi connectivity index (χ3n) is 4.49. The average Bonchev–Trinajstić information content (AvgIpc) is 3.23. The average molecular weight is 404 g/mol. The number of anilines is 2. The van der Waals surface area contributed by atoms with Crippen LogP contribution in [-0.4, -0.2) is 29.5 Å². The molecule has 0 atom stereocenters. The van der Waals surface area contributed by atoms with Crippen molar-refractivity contribution in [2.24, 2.45) is 0 Å². The van der Waals surface area contributed by atoms with E-state index in [-0.39, 0.29) is 5.91 Å². The van der Waals surface area contributed by atoms with Crippen LogP contribution in [0.5, 0.6) is 5.75 Å². The first-order valence-electron chi connectivity index (χ1n) is 9.20. The standard InChI is InChI=1S/C22H20N4O2S/c1-28-17-8-6-15(7-9-17)10-12-24-21(27)19-14-29-22(25-19)26-20-18-5-3-2-4-16(18)11-13-23-20/h2-9,11,13-14H,10,12H2,1H3,(H,24,27)(H,23,25,26). The normalized spacial score (nSPS) is 10.7. The van der Waals surface area contributed by atoms with Crippen molar-refractivity contribution < 1.29 is 9.53 Å². The van der Waals surface area contributed by atoms with Gasteiger partial charge in [-0.2, -0.15) is 0 Å². The van der Waals surface area contributed by atoms with Crippen LogP contribution in [0.1, 0.15) is 16.1 Å². The molecule has 2 N–H and O–H groups in total. The van der Waals surface area contributed by atoms with Gasteiger partial charge in [0.1, 0.15) is 17.3 Å². The first-order valence-corrected chi connectivity index (χ1v) is 10.1. The van der Waals surface area contributed by atoms with Crippen LogP contribution < -0.4 is 15.4 Å². The number of nitrogens with one attached hydrogen (secondary N) is 2. The molecule has 0 spiro atoms. The van der Waals surface area contributed by atoms with Gasteiger partial charge in [0.2, 0.25) is 0 Å². The van der Waals surface area contributed by atoms with E-state index in [0.717, 1.165) is 34.3 Å². The maximum absolute atomic E-state index is 12.4. The number of hydrogen-bond acceptors (Lipinski definition) is 6. The van der Waals surface area contributed by atoms with Crippen molar-refractivity contribution in [3.05, 3.63) is 77.4 Å². The molecule has 0 aliphatic rings. The summed E-state index contributed by atoms with van der Waals surface area (Å²) < 4.78 is 5.15. The number of carbonyl (C=O) groups is 1. The molecule has 0 radical (unpaired) electrons. The molecule has 6 nitrogen and oxygen atoms in total. The van der Waals surface area contributed by atoms with E-state index in [2.05, 4.69) is 20.6 Å². The van der Waals surface area contributed by atoms with Crippen LogP contribution in [0.4, 0.5) is 10.9 Å². The molecular formula is C22H20N4O2S. The van der Waals surface area contributed by atoms with E-state index in [4.69, 9.17) is 4.74 Å². The summed E-state index contributed by atoms with van der Waals surface area (Å²) in [6.07, 6.45) is 2.50. The van der Waals surface area contributed by atoms with Crippen molar-refractivity contribution in [1.82, 2.24) is 15.3 Å². The minimum atomic E-state index is -0.186. The van der Waals surface area contributed by atoms with Gasteiger partial charge in [-0.05, 0) is 35.6 Å². The second kappa shape index (κ2) is 8.70. The molecule has 2 aromatic carbocycles. The molecule has 2 heterocycles. The number of methoxy groups -OCH3 is 1. The second-order valence-electron chi connectivity index (χ2n) is 6.40. The number of ether oxygens (including phenoxy) is 1. The Morgan fingerprint density at radius 3 is 2.76 bits per heavy atom. The molecular weight excluding hydrogens is 384 g/mol. The zero-order valence-electron chi connectivity index (χ0n) is 15.9. The van der Waals surface area contributed by atoms with Gasteiger partial charge >= 0.3 is 0 Å². The van der Waals surface area contributed by atoms with Gasteiger partial charge in [-0.3, -0.25) is 4.79 Å². The third kappa shape index (κ3) is 4.52. The van der Waals surface area contributed by atoms with E-state index in [0.29, 0.717) is 17.4 Å². The van der Waals surface area contributed by atoms with Crippen LogP contribution >= 0.6 is 11.3 Å². The fourth-order valence-corrected chi connectivity index (χ4v) is 3.65. The summed E-state index contributed by atoms with van der Waals surface area (Å²) in [5.41, 5.74) is 1.53. The van der Waals surface area contributed by atoms with E-state index in [1.165, 1.54) is 11.3 Å². The lowest BCUT2D eigenvalue weighted by Crippen LogP contribution is -2.25. The predicted octanol–water partition coefficient (Wildman–Crippen LogP) is 4.42. The van der Waals surface area contributed by atoms with Gasteiger partial charge in [0.15, 0.2) is 5.13 Å². The molecule has 7 heteroatoms. The highest BCUT2D eigenvalue weighted by atomic mass is 32.1. The molecule has 4 aromatic rings. The summed E-state index contributed by atoms with van der Waals surface area (Å²) in [5, 5.41) is 10.6. The Morgan fingerprint density at radius 2 is 1.93 bits per heavy atom. The smallest absolute Gasteiger partial charge is 0.270 e. The molecule has 0 saturated heterocycles. The van der Waals surface area contributed by atoms with E-state index < -0.39 is 0 Å².